The van der Waals surface area contributed by atoms with Gasteiger partial charge in [-0.25, -0.2) is 0 Å². The van der Waals surface area contributed by atoms with Gasteiger partial charge in [0.2, 0.25) is 5.91 Å². The molecule has 3 rings (SSSR count). The topological polar surface area (TPSA) is 32.3 Å². The molecule has 0 saturated carbocycles. The van der Waals surface area contributed by atoms with E-state index in [1.54, 1.807) is 0 Å². The van der Waals surface area contributed by atoms with Gasteiger partial charge in [-0.05, 0) is 56.5 Å². The van der Waals surface area contributed by atoms with E-state index < -0.39 is 0 Å². The Hall–Kier alpha value is -0.870. The molecule has 2 aliphatic rings. The molecule has 0 atom stereocenters. The van der Waals surface area contributed by atoms with Gasteiger partial charge in [-0.1, -0.05) is 28.1 Å². The minimum Gasteiger partial charge on any atom is -0.338 e. The standard InChI is InChI=1S/C16H21BrN2O/c17-14-4-1-3-13(11-14)12-19-10-2-5-16(15(19)20)6-8-18-9-7-16/h1,3-4,11,18H,2,5-10,12H2. The zero-order valence-electron chi connectivity index (χ0n) is 11.7. The molecule has 108 valence electrons. The number of likely N-dealkylation sites (tertiary alicyclic amines) is 1. The van der Waals surface area contributed by atoms with E-state index in [2.05, 4.69) is 38.3 Å². The van der Waals surface area contributed by atoms with E-state index in [0.717, 1.165) is 56.3 Å². The summed E-state index contributed by atoms with van der Waals surface area (Å²) in [6.45, 7) is 3.61. The fourth-order valence-corrected chi connectivity index (χ4v) is 3.97. The molecule has 2 saturated heterocycles. The number of carbonyl (C=O) groups is 1. The first-order chi connectivity index (χ1) is 9.70. The second-order valence-corrected chi connectivity index (χ2v) is 6.91. The molecule has 1 spiro atoms. The van der Waals surface area contributed by atoms with Crippen LogP contribution in [0.3, 0.4) is 0 Å². The third kappa shape index (κ3) is 2.77. The minimum absolute atomic E-state index is 0.0739. The van der Waals surface area contributed by atoms with Crippen LogP contribution in [0.4, 0.5) is 0 Å². The Bertz CT molecular complexity index is 491. The summed E-state index contributed by atoms with van der Waals surface area (Å²) in [5.41, 5.74) is 1.13. The molecule has 2 fully saturated rings. The zero-order valence-corrected chi connectivity index (χ0v) is 13.3. The van der Waals surface area contributed by atoms with Crippen LogP contribution in [0, 0.1) is 5.41 Å². The van der Waals surface area contributed by atoms with Gasteiger partial charge in [0.1, 0.15) is 0 Å². The molecule has 2 aliphatic heterocycles. The maximum absolute atomic E-state index is 12.9. The first-order valence-electron chi connectivity index (χ1n) is 7.44. The molecule has 1 N–H and O–H groups in total. The van der Waals surface area contributed by atoms with E-state index in [9.17, 15) is 4.79 Å². The monoisotopic (exact) mass is 336 g/mol. The lowest BCUT2D eigenvalue weighted by atomic mass is 9.72. The Morgan fingerprint density at radius 2 is 2.05 bits per heavy atom. The molecular weight excluding hydrogens is 316 g/mol. The number of nitrogens with zero attached hydrogens (tertiary/aromatic N) is 1. The van der Waals surface area contributed by atoms with Crippen LogP contribution < -0.4 is 5.32 Å². The predicted octanol–water partition coefficient (Wildman–Crippen LogP) is 2.94. The lowest BCUT2D eigenvalue weighted by Gasteiger charge is -2.44. The molecule has 0 bridgehead atoms. The summed E-state index contributed by atoms with van der Waals surface area (Å²) in [5.74, 6) is 0.380. The van der Waals surface area contributed by atoms with Crippen LogP contribution in [0.5, 0.6) is 0 Å². The van der Waals surface area contributed by atoms with Gasteiger partial charge in [-0.15, -0.1) is 0 Å². The highest BCUT2D eigenvalue weighted by molar-refractivity contribution is 9.10. The first-order valence-corrected chi connectivity index (χ1v) is 8.23. The van der Waals surface area contributed by atoms with Crippen molar-refractivity contribution in [1.29, 1.82) is 0 Å². The zero-order chi connectivity index (χ0) is 14.0. The summed E-state index contributed by atoms with van der Waals surface area (Å²) in [4.78, 5) is 14.9. The second-order valence-electron chi connectivity index (χ2n) is 5.99. The van der Waals surface area contributed by atoms with Gasteiger partial charge in [-0.2, -0.15) is 0 Å². The number of hydrogen-bond acceptors (Lipinski definition) is 2. The summed E-state index contributed by atoms with van der Waals surface area (Å²) in [7, 11) is 0. The van der Waals surface area contributed by atoms with Crippen molar-refractivity contribution in [2.75, 3.05) is 19.6 Å². The fraction of sp³-hybridized carbons (Fsp3) is 0.562. The predicted molar refractivity (Wildman–Crippen MR) is 83.3 cm³/mol. The van der Waals surface area contributed by atoms with Gasteiger partial charge < -0.3 is 10.2 Å². The van der Waals surface area contributed by atoms with Crippen molar-refractivity contribution in [2.45, 2.75) is 32.2 Å². The van der Waals surface area contributed by atoms with Crippen LogP contribution in [-0.4, -0.2) is 30.4 Å². The smallest absolute Gasteiger partial charge is 0.229 e. The largest absolute Gasteiger partial charge is 0.338 e. The molecule has 1 aromatic carbocycles. The molecule has 20 heavy (non-hydrogen) atoms. The average molecular weight is 337 g/mol. The molecular formula is C16H21BrN2O. The summed E-state index contributed by atoms with van der Waals surface area (Å²) >= 11 is 3.50. The van der Waals surface area contributed by atoms with Gasteiger partial charge in [0, 0.05) is 17.6 Å². The van der Waals surface area contributed by atoms with Crippen LogP contribution in [-0.2, 0) is 11.3 Å². The SMILES string of the molecule is O=C1N(Cc2cccc(Br)c2)CCCC12CCNCC2. The van der Waals surface area contributed by atoms with Crippen LogP contribution in [0.2, 0.25) is 0 Å². The number of nitrogens with one attached hydrogen (secondary N) is 1. The number of halogens is 1. The van der Waals surface area contributed by atoms with Crippen LogP contribution in [0.25, 0.3) is 0 Å². The first kappa shape index (κ1) is 14.1. The van der Waals surface area contributed by atoms with Crippen molar-refractivity contribution in [2.24, 2.45) is 5.41 Å². The summed E-state index contributed by atoms with van der Waals surface area (Å²) in [6, 6.07) is 8.27. The average Bonchev–Trinajstić information content (AvgIpc) is 2.45. The van der Waals surface area contributed by atoms with Gasteiger partial charge in [0.15, 0.2) is 0 Å². The van der Waals surface area contributed by atoms with Crippen LogP contribution in [0.15, 0.2) is 28.7 Å². The summed E-state index contributed by atoms with van der Waals surface area (Å²) in [5, 5.41) is 3.37. The Morgan fingerprint density at radius 1 is 1.25 bits per heavy atom. The normalized spacial score (nSPS) is 22.2. The highest BCUT2D eigenvalue weighted by atomic mass is 79.9. The summed E-state index contributed by atoms with van der Waals surface area (Å²) in [6.07, 6.45) is 4.21. The number of rotatable bonds is 2. The molecule has 1 aromatic rings. The molecule has 0 radical (unpaired) electrons. The number of hydrogen-bond donors (Lipinski definition) is 1. The van der Waals surface area contributed by atoms with Crippen LogP contribution in [0.1, 0.15) is 31.2 Å². The highest BCUT2D eigenvalue weighted by Gasteiger charge is 2.44. The van der Waals surface area contributed by atoms with Gasteiger partial charge >= 0.3 is 0 Å². The molecule has 0 aromatic heterocycles. The Morgan fingerprint density at radius 3 is 2.80 bits per heavy atom. The van der Waals surface area contributed by atoms with E-state index in [1.165, 1.54) is 5.56 Å². The van der Waals surface area contributed by atoms with Gasteiger partial charge in [0.25, 0.3) is 0 Å². The van der Waals surface area contributed by atoms with E-state index >= 15 is 0 Å². The van der Waals surface area contributed by atoms with Gasteiger partial charge in [0.05, 0.1) is 5.41 Å². The number of carbonyl (C=O) groups excluding carboxylic acids is 1. The third-order valence-electron chi connectivity index (χ3n) is 4.65. The maximum atomic E-state index is 12.9. The lowest BCUT2D eigenvalue weighted by Crippen LogP contribution is -2.52. The van der Waals surface area contributed by atoms with Crippen molar-refractivity contribution >= 4 is 21.8 Å². The third-order valence-corrected chi connectivity index (χ3v) is 5.14. The Labute approximate surface area is 128 Å². The molecule has 0 aliphatic carbocycles. The lowest BCUT2D eigenvalue weighted by molar-refractivity contribution is -0.149. The molecule has 1 amide bonds. The van der Waals surface area contributed by atoms with E-state index in [0.29, 0.717) is 5.91 Å². The minimum atomic E-state index is -0.0739. The quantitative estimate of drug-likeness (QED) is 0.900. The van der Waals surface area contributed by atoms with Crippen molar-refractivity contribution in [1.82, 2.24) is 10.2 Å². The van der Waals surface area contributed by atoms with Crippen molar-refractivity contribution in [3.05, 3.63) is 34.3 Å². The highest BCUT2D eigenvalue weighted by Crippen LogP contribution is 2.39. The number of amides is 1. The maximum Gasteiger partial charge on any atom is 0.229 e. The fourth-order valence-electron chi connectivity index (χ4n) is 3.53. The summed E-state index contributed by atoms with van der Waals surface area (Å²) < 4.78 is 1.08. The Kier molecular flexibility index (Phi) is 4.13. The van der Waals surface area contributed by atoms with E-state index in [4.69, 9.17) is 0 Å². The van der Waals surface area contributed by atoms with Gasteiger partial charge in [-0.3, -0.25) is 4.79 Å². The second kappa shape index (κ2) is 5.86. The van der Waals surface area contributed by atoms with E-state index in [1.807, 2.05) is 12.1 Å². The number of benzene rings is 1. The van der Waals surface area contributed by atoms with Crippen molar-refractivity contribution < 1.29 is 4.79 Å². The van der Waals surface area contributed by atoms with Crippen LogP contribution >= 0.6 is 15.9 Å². The van der Waals surface area contributed by atoms with Crippen molar-refractivity contribution in [3.63, 3.8) is 0 Å². The molecule has 4 heteroatoms. The molecule has 3 nitrogen and oxygen atoms in total. The van der Waals surface area contributed by atoms with Crippen molar-refractivity contribution in [3.8, 4) is 0 Å². The number of piperidine rings is 2. The molecule has 2 heterocycles. The Balaban J connectivity index is 1.75. The van der Waals surface area contributed by atoms with E-state index in [-0.39, 0.29) is 5.41 Å². The molecule has 0 unspecified atom stereocenters.